The Bertz CT molecular complexity index is 280. The third-order valence-electron chi connectivity index (χ3n) is 2.76. The summed E-state index contributed by atoms with van der Waals surface area (Å²) in [6.07, 6.45) is 0. The highest BCUT2D eigenvalue weighted by atomic mass is 79.9. The van der Waals surface area contributed by atoms with Gasteiger partial charge in [-0.1, -0.05) is 15.9 Å². The number of ether oxygens (including phenoxy) is 2. The van der Waals surface area contributed by atoms with Crippen molar-refractivity contribution in [3.8, 4) is 0 Å². The fraction of sp³-hybridized carbons (Fsp3) is 0.727. The molecule has 0 amide bonds. The number of aliphatic hydroxyl groups is 1. The first kappa shape index (κ1) is 12.9. The highest BCUT2D eigenvalue weighted by Crippen LogP contribution is 2.34. The Morgan fingerprint density at radius 1 is 1.47 bits per heavy atom. The van der Waals surface area contributed by atoms with Gasteiger partial charge in [-0.3, -0.25) is 0 Å². The van der Waals surface area contributed by atoms with Gasteiger partial charge in [0.05, 0.1) is 25.2 Å². The summed E-state index contributed by atoms with van der Waals surface area (Å²) in [5.41, 5.74) is 3.49. The van der Waals surface area contributed by atoms with Gasteiger partial charge in [-0.05, 0) is 26.3 Å². The van der Waals surface area contributed by atoms with Crippen molar-refractivity contribution in [2.45, 2.75) is 26.6 Å². The highest BCUT2D eigenvalue weighted by molar-refractivity contribution is 9.11. The Labute approximate surface area is 98.9 Å². The smallest absolute Gasteiger partial charge is 0.162 e. The van der Waals surface area contributed by atoms with Crippen molar-refractivity contribution in [2.75, 3.05) is 19.8 Å². The summed E-state index contributed by atoms with van der Waals surface area (Å²) in [5, 5.41) is 9.46. The molecule has 1 saturated heterocycles. The molecule has 15 heavy (non-hydrogen) atoms. The minimum atomic E-state index is -0.558. The van der Waals surface area contributed by atoms with E-state index in [1.807, 2.05) is 20.8 Å². The normalized spacial score (nSPS) is 23.0. The molecule has 0 aromatic heterocycles. The molecule has 86 valence electrons. The lowest BCUT2D eigenvalue weighted by Gasteiger charge is -2.42. The van der Waals surface area contributed by atoms with Crippen LogP contribution in [0.3, 0.4) is 0 Å². The molecule has 0 unspecified atom stereocenters. The van der Waals surface area contributed by atoms with Crippen molar-refractivity contribution < 1.29 is 14.6 Å². The van der Waals surface area contributed by atoms with Crippen molar-refractivity contribution in [1.82, 2.24) is 0 Å². The van der Waals surface area contributed by atoms with Crippen LogP contribution in [0.1, 0.15) is 20.8 Å². The molecule has 0 spiro atoms. The number of hydrogen-bond acceptors (Lipinski definition) is 3. The monoisotopic (exact) mass is 276 g/mol. The van der Waals surface area contributed by atoms with Crippen molar-refractivity contribution in [3.05, 3.63) is 16.3 Å². The maximum absolute atomic E-state index is 9.46. The van der Waals surface area contributed by atoms with Crippen molar-refractivity contribution in [1.29, 1.82) is 0 Å². The summed E-state index contributed by atoms with van der Waals surface area (Å²) in [7, 11) is 0. The fourth-order valence-corrected chi connectivity index (χ4v) is 1.71. The van der Waals surface area contributed by atoms with Crippen LogP contribution in [-0.4, -0.2) is 30.7 Å². The predicted octanol–water partition coefficient (Wildman–Crippen LogP) is 2.20. The molecule has 1 aliphatic heterocycles. The van der Waals surface area contributed by atoms with E-state index in [2.05, 4.69) is 21.7 Å². The third kappa shape index (κ3) is 2.92. The van der Waals surface area contributed by atoms with Crippen LogP contribution in [0.4, 0.5) is 0 Å². The zero-order chi connectivity index (χ0) is 11.5. The summed E-state index contributed by atoms with van der Waals surface area (Å²) >= 11 is 3.17. The Balaban J connectivity index is 2.86. The molecule has 4 heteroatoms. The molecule has 1 fully saturated rings. The molecule has 1 N–H and O–H groups in total. The molecule has 0 bridgehead atoms. The second kappa shape index (κ2) is 4.81. The zero-order valence-corrected chi connectivity index (χ0v) is 10.9. The van der Waals surface area contributed by atoms with E-state index in [0.29, 0.717) is 13.2 Å². The maximum atomic E-state index is 9.46. The summed E-state index contributed by atoms with van der Waals surface area (Å²) < 4.78 is 11.1. The SMILES string of the molecule is CC(=C=CBr)C1(CO)COC(C)(C)OC1. The Morgan fingerprint density at radius 2 is 2.00 bits per heavy atom. The van der Waals surface area contributed by atoms with Gasteiger partial charge in [0.25, 0.3) is 0 Å². The van der Waals surface area contributed by atoms with Gasteiger partial charge < -0.3 is 14.6 Å². The van der Waals surface area contributed by atoms with E-state index in [1.54, 1.807) is 4.99 Å². The van der Waals surface area contributed by atoms with Crippen LogP contribution in [0.25, 0.3) is 0 Å². The fourth-order valence-electron chi connectivity index (χ4n) is 1.37. The second-order valence-electron chi connectivity index (χ2n) is 4.29. The molecule has 1 heterocycles. The predicted molar refractivity (Wildman–Crippen MR) is 61.7 cm³/mol. The Kier molecular flexibility index (Phi) is 4.15. The second-order valence-corrected chi connectivity index (χ2v) is 4.75. The molecule has 0 saturated carbocycles. The van der Waals surface area contributed by atoms with E-state index >= 15 is 0 Å². The lowest BCUT2D eigenvalue weighted by molar-refractivity contribution is -0.282. The van der Waals surface area contributed by atoms with Crippen molar-refractivity contribution in [3.63, 3.8) is 0 Å². The lowest BCUT2D eigenvalue weighted by atomic mass is 9.83. The van der Waals surface area contributed by atoms with Gasteiger partial charge in [0.1, 0.15) is 0 Å². The van der Waals surface area contributed by atoms with Gasteiger partial charge in [-0.15, -0.1) is 5.73 Å². The van der Waals surface area contributed by atoms with E-state index < -0.39 is 11.2 Å². The lowest BCUT2D eigenvalue weighted by Crippen LogP contribution is -2.49. The van der Waals surface area contributed by atoms with Crippen LogP contribution < -0.4 is 0 Å². The van der Waals surface area contributed by atoms with Crippen LogP contribution in [-0.2, 0) is 9.47 Å². The van der Waals surface area contributed by atoms with Gasteiger partial charge in [0.15, 0.2) is 5.79 Å². The average Bonchev–Trinajstić information content (AvgIpc) is 2.19. The molecule has 3 nitrogen and oxygen atoms in total. The first-order valence-electron chi connectivity index (χ1n) is 4.87. The Morgan fingerprint density at radius 3 is 2.40 bits per heavy atom. The molecular weight excluding hydrogens is 260 g/mol. The third-order valence-corrected chi connectivity index (χ3v) is 2.99. The molecule has 0 atom stereocenters. The van der Waals surface area contributed by atoms with Crippen LogP contribution in [0.5, 0.6) is 0 Å². The number of rotatable bonds is 2. The van der Waals surface area contributed by atoms with E-state index in [9.17, 15) is 5.11 Å². The van der Waals surface area contributed by atoms with Gasteiger partial charge in [-0.2, -0.15) is 0 Å². The minimum absolute atomic E-state index is 0.00273. The van der Waals surface area contributed by atoms with Gasteiger partial charge in [0.2, 0.25) is 0 Å². The van der Waals surface area contributed by atoms with Crippen LogP contribution >= 0.6 is 15.9 Å². The molecule has 0 radical (unpaired) electrons. The summed E-state index contributed by atoms with van der Waals surface area (Å²) in [5.74, 6) is -0.558. The number of hydrogen-bond donors (Lipinski definition) is 1. The first-order chi connectivity index (χ1) is 6.96. The molecule has 0 aromatic carbocycles. The zero-order valence-electron chi connectivity index (χ0n) is 9.34. The van der Waals surface area contributed by atoms with Crippen LogP contribution in [0.15, 0.2) is 16.3 Å². The highest BCUT2D eigenvalue weighted by Gasteiger charge is 2.41. The standard InChI is InChI=1S/C11H17BrO3/c1-9(4-5-12)11(6-13)7-14-10(2,3)15-8-11/h5,13H,6-8H2,1-3H3. The quantitative estimate of drug-likeness (QED) is 0.786. The van der Waals surface area contributed by atoms with Gasteiger partial charge >= 0.3 is 0 Å². The maximum Gasteiger partial charge on any atom is 0.162 e. The van der Waals surface area contributed by atoms with E-state index in [4.69, 9.17) is 9.47 Å². The largest absolute Gasteiger partial charge is 0.395 e. The van der Waals surface area contributed by atoms with Gasteiger partial charge in [0, 0.05) is 4.99 Å². The van der Waals surface area contributed by atoms with Gasteiger partial charge in [-0.25, -0.2) is 0 Å². The topological polar surface area (TPSA) is 38.7 Å². The first-order valence-corrected chi connectivity index (χ1v) is 5.79. The van der Waals surface area contributed by atoms with Crippen LogP contribution in [0, 0.1) is 5.41 Å². The Hall–Kier alpha value is -0.120. The van der Waals surface area contributed by atoms with Crippen molar-refractivity contribution in [2.24, 2.45) is 5.41 Å². The summed E-state index contributed by atoms with van der Waals surface area (Å²) in [6, 6.07) is 0. The molecular formula is C11H17BrO3. The van der Waals surface area contributed by atoms with Crippen molar-refractivity contribution >= 4 is 15.9 Å². The van der Waals surface area contributed by atoms with Crippen LogP contribution in [0.2, 0.25) is 0 Å². The summed E-state index contributed by atoms with van der Waals surface area (Å²) in [6.45, 7) is 6.56. The molecule has 1 aliphatic rings. The molecule has 0 aromatic rings. The molecule has 1 rings (SSSR count). The minimum Gasteiger partial charge on any atom is -0.395 e. The van der Waals surface area contributed by atoms with E-state index in [1.165, 1.54) is 0 Å². The van der Waals surface area contributed by atoms with E-state index in [-0.39, 0.29) is 6.61 Å². The number of aliphatic hydroxyl groups excluding tert-OH is 1. The summed E-state index contributed by atoms with van der Waals surface area (Å²) in [4.78, 5) is 1.65. The number of halogens is 1. The average molecular weight is 277 g/mol. The van der Waals surface area contributed by atoms with E-state index in [0.717, 1.165) is 5.57 Å². The molecule has 0 aliphatic carbocycles.